The highest BCUT2D eigenvalue weighted by Gasteiger charge is 2.20. The van der Waals surface area contributed by atoms with Crippen LogP contribution in [0.25, 0.3) is 0 Å². The Hall–Kier alpha value is -0.570. The Bertz CT molecular complexity index is 136. The molecule has 12 heavy (non-hydrogen) atoms. The summed E-state index contributed by atoms with van der Waals surface area (Å²) >= 11 is 0. The van der Waals surface area contributed by atoms with Crippen molar-refractivity contribution in [2.75, 3.05) is 13.6 Å². The molecule has 3 heteroatoms. The molecule has 1 atom stereocenters. The lowest BCUT2D eigenvalue weighted by molar-refractivity contribution is -0.143. The van der Waals surface area contributed by atoms with E-state index in [0.717, 1.165) is 25.8 Å². The van der Waals surface area contributed by atoms with Gasteiger partial charge in [-0.1, -0.05) is 20.3 Å². The molecule has 0 rings (SSSR count). The van der Waals surface area contributed by atoms with E-state index in [1.54, 1.807) is 0 Å². The van der Waals surface area contributed by atoms with E-state index in [9.17, 15) is 4.79 Å². The third kappa shape index (κ3) is 3.72. The zero-order chi connectivity index (χ0) is 9.56. The van der Waals surface area contributed by atoms with Crippen LogP contribution in [-0.2, 0) is 4.79 Å². The first-order chi connectivity index (χ1) is 5.63. The van der Waals surface area contributed by atoms with Crippen molar-refractivity contribution in [1.29, 1.82) is 0 Å². The summed E-state index contributed by atoms with van der Waals surface area (Å²) in [6.07, 6.45) is 2.67. The van der Waals surface area contributed by atoms with E-state index in [0.29, 0.717) is 0 Å². The van der Waals surface area contributed by atoms with Gasteiger partial charge in [0.25, 0.3) is 0 Å². The van der Waals surface area contributed by atoms with E-state index in [-0.39, 0.29) is 6.04 Å². The Balaban J connectivity index is 3.99. The Morgan fingerprint density at radius 3 is 2.33 bits per heavy atom. The lowest BCUT2D eigenvalue weighted by Crippen LogP contribution is -2.38. The van der Waals surface area contributed by atoms with Crippen LogP contribution < -0.4 is 0 Å². The molecule has 0 bridgehead atoms. The summed E-state index contributed by atoms with van der Waals surface area (Å²) in [7, 11) is 1.87. The molecule has 1 N–H and O–H groups in total. The van der Waals surface area contributed by atoms with Gasteiger partial charge < -0.3 is 5.11 Å². The fraction of sp³-hybridized carbons (Fsp3) is 0.889. The fourth-order valence-corrected chi connectivity index (χ4v) is 1.31. The predicted molar refractivity (Wildman–Crippen MR) is 49.3 cm³/mol. The molecule has 3 nitrogen and oxygen atoms in total. The van der Waals surface area contributed by atoms with E-state index < -0.39 is 5.97 Å². The van der Waals surface area contributed by atoms with Gasteiger partial charge in [-0.2, -0.15) is 0 Å². The molecule has 0 aliphatic rings. The van der Waals surface area contributed by atoms with Crippen LogP contribution in [0.2, 0.25) is 0 Å². The Morgan fingerprint density at radius 1 is 1.42 bits per heavy atom. The van der Waals surface area contributed by atoms with Crippen LogP contribution in [0.4, 0.5) is 0 Å². The second-order valence-corrected chi connectivity index (χ2v) is 3.12. The van der Waals surface area contributed by atoms with Crippen LogP contribution in [0, 0.1) is 0 Å². The predicted octanol–water partition coefficient (Wildman–Crippen LogP) is 1.58. The van der Waals surface area contributed by atoms with E-state index in [4.69, 9.17) is 5.11 Å². The van der Waals surface area contributed by atoms with Crippen LogP contribution in [0.5, 0.6) is 0 Å². The van der Waals surface area contributed by atoms with Gasteiger partial charge in [0.2, 0.25) is 0 Å². The van der Waals surface area contributed by atoms with Crippen molar-refractivity contribution in [2.45, 2.75) is 39.2 Å². The van der Waals surface area contributed by atoms with Crippen LogP contribution in [0.15, 0.2) is 0 Å². The second-order valence-electron chi connectivity index (χ2n) is 3.12. The summed E-state index contributed by atoms with van der Waals surface area (Å²) < 4.78 is 0. The van der Waals surface area contributed by atoms with Crippen molar-refractivity contribution in [2.24, 2.45) is 0 Å². The summed E-state index contributed by atoms with van der Waals surface area (Å²) in [6, 6.07) is -0.296. The minimum absolute atomic E-state index is 0.296. The van der Waals surface area contributed by atoms with E-state index in [1.807, 2.05) is 18.9 Å². The van der Waals surface area contributed by atoms with Crippen molar-refractivity contribution >= 4 is 5.97 Å². The number of nitrogens with zero attached hydrogens (tertiary/aromatic N) is 1. The average Bonchev–Trinajstić information content (AvgIpc) is 1.99. The molecule has 0 amide bonds. The first-order valence-corrected chi connectivity index (χ1v) is 4.56. The zero-order valence-corrected chi connectivity index (χ0v) is 8.21. The summed E-state index contributed by atoms with van der Waals surface area (Å²) in [5.74, 6) is -0.701. The minimum atomic E-state index is -0.701. The number of carboxylic acid groups (broad SMARTS) is 1. The van der Waals surface area contributed by atoms with Gasteiger partial charge in [0.1, 0.15) is 6.04 Å². The standard InChI is InChI=1S/C9H19NO2/c1-4-6-8(9(11)12)10(3)7-5-2/h8H,4-7H2,1-3H3,(H,11,12). The van der Waals surface area contributed by atoms with Crippen LogP contribution in [-0.4, -0.2) is 35.6 Å². The minimum Gasteiger partial charge on any atom is -0.480 e. The highest BCUT2D eigenvalue weighted by molar-refractivity contribution is 5.73. The van der Waals surface area contributed by atoms with Gasteiger partial charge in [0.15, 0.2) is 0 Å². The summed E-state index contributed by atoms with van der Waals surface area (Å²) in [4.78, 5) is 12.7. The molecule has 72 valence electrons. The maximum Gasteiger partial charge on any atom is 0.320 e. The number of carbonyl (C=O) groups is 1. The smallest absolute Gasteiger partial charge is 0.320 e. The Labute approximate surface area is 74.4 Å². The lowest BCUT2D eigenvalue weighted by Gasteiger charge is -2.23. The third-order valence-corrected chi connectivity index (χ3v) is 1.96. The molecule has 0 aliphatic heterocycles. The molecule has 0 aromatic carbocycles. The van der Waals surface area contributed by atoms with Crippen molar-refractivity contribution < 1.29 is 9.90 Å². The van der Waals surface area contributed by atoms with Gasteiger partial charge in [-0.3, -0.25) is 9.69 Å². The molecule has 0 saturated heterocycles. The Kier molecular flexibility index (Phi) is 5.72. The Morgan fingerprint density at radius 2 is 2.00 bits per heavy atom. The zero-order valence-electron chi connectivity index (χ0n) is 8.21. The molecule has 0 aromatic rings. The van der Waals surface area contributed by atoms with Crippen molar-refractivity contribution in [3.63, 3.8) is 0 Å². The molecular formula is C9H19NO2. The SMILES string of the molecule is CCCC(C(=O)O)N(C)CCC. The lowest BCUT2D eigenvalue weighted by atomic mass is 10.1. The summed E-state index contributed by atoms with van der Waals surface area (Å²) in [5, 5.41) is 8.86. The van der Waals surface area contributed by atoms with E-state index >= 15 is 0 Å². The summed E-state index contributed by atoms with van der Waals surface area (Å²) in [5.41, 5.74) is 0. The molecule has 1 unspecified atom stereocenters. The average molecular weight is 173 g/mol. The number of rotatable bonds is 6. The van der Waals surface area contributed by atoms with Crippen molar-refractivity contribution in [1.82, 2.24) is 4.90 Å². The highest BCUT2D eigenvalue weighted by Crippen LogP contribution is 2.05. The second kappa shape index (κ2) is 6.00. The molecule has 0 spiro atoms. The van der Waals surface area contributed by atoms with Crippen molar-refractivity contribution in [3.05, 3.63) is 0 Å². The van der Waals surface area contributed by atoms with Gasteiger partial charge in [-0.15, -0.1) is 0 Å². The number of hydrogen-bond acceptors (Lipinski definition) is 2. The van der Waals surface area contributed by atoms with Gasteiger partial charge in [-0.25, -0.2) is 0 Å². The van der Waals surface area contributed by atoms with Crippen LogP contribution in [0.3, 0.4) is 0 Å². The maximum atomic E-state index is 10.8. The molecular weight excluding hydrogens is 154 g/mol. The molecule has 0 saturated carbocycles. The molecule has 0 aromatic heterocycles. The fourth-order valence-electron chi connectivity index (χ4n) is 1.31. The number of carboxylic acids is 1. The van der Waals surface area contributed by atoms with Gasteiger partial charge in [0, 0.05) is 0 Å². The first-order valence-electron chi connectivity index (χ1n) is 4.56. The van der Waals surface area contributed by atoms with E-state index in [2.05, 4.69) is 6.92 Å². The normalized spacial score (nSPS) is 13.3. The molecule has 0 aliphatic carbocycles. The van der Waals surface area contributed by atoms with E-state index in [1.165, 1.54) is 0 Å². The molecule has 0 radical (unpaired) electrons. The van der Waals surface area contributed by atoms with Crippen LogP contribution in [0.1, 0.15) is 33.1 Å². The highest BCUT2D eigenvalue weighted by atomic mass is 16.4. The summed E-state index contributed by atoms with van der Waals surface area (Å²) in [6.45, 7) is 4.92. The number of likely N-dealkylation sites (N-methyl/N-ethyl adjacent to an activating group) is 1. The quantitative estimate of drug-likeness (QED) is 0.663. The third-order valence-electron chi connectivity index (χ3n) is 1.96. The largest absolute Gasteiger partial charge is 0.480 e. The number of aliphatic carboxylic acids is 1. The molecule has 0 heterocycles. The van der Waals surface area contributed by atoms with Crippen molar-refractivity contribution in [3.8, 4) is 0 Å². The molecule has 0 fully saturated rings. The monoisotopic (exact) mass is 173 g/mol. The first kappa shape index (κ1) is 11.4. The van der Waals surface area contributed by atoms with Crippen LogP contribution >= 0.6 is 0 Å². The van der Waals surface area contributed by atoms with Gasteiger partial charge >= 0.3 is 5.97 Å². The van der Waals surface area contributed by atoms with Gasteiger partial charge in [0.05, 0.1) is 0 Å². The topological polar surface area (TPSA) is 40.5 Å². The maximum absolute atomic E-state index is 10.8. The number of hydrogen-bond donors (Lipinski definition) is 1. The van der Waals surface area contributed by atoms with Gasteiger partial charge in [-0.05, 0) is 26.4 Å².